The van der Waals surface area contributed by atoms with Gasteiger partial charge in [0.1, 0.15) is 0 Å². The minimum Gasteiger partial charge on any atom is -0.618 e. The van der Waals surface area contributed by atoms with Crippen molar-refractivity contribution in [1.82, 2.24) is 10.5 Å². The Labute approximate surface area is 114 Å². The van der Waals surface area contributed by atoms with Crippen molar-refractivity contribution >= 4 is 17.7 Å². The van der Waals surface area contributed by atoms with Crippen LogP contribution in [0.25, 0.3) is 0 Å². The van der Waals surface area contributed by atoms with Gasteiger partial charge in [-0.25, -0.2) is 0 Å². The number of aromatic nitrogens is 2. The number of rotatable bonds is 5. The fraction of sp³-hybridized carbons (Fsp3) is 0.250. The van der Waals surface area contributed by atoms with E-state index < -0.39 is 0 Å². The van der Waals surface area contributed by atoms with Gasteiger partial charge in [-0.15, -0.1) is 0 Å². The third kappa shape index (κ3) is 3.99. The summed E-state index contributed by atoms with van der Waals surface area (Å²) in [4.78, 5) is 11.6. The molecule has 0 atom stereocenters. The molecule has 2 rings (SSSR count). The molecule has 1 amide bonds. The Morgan fingerprint density at radius 3 is 3.11 bits per heavy atom. The van der Waals surface area contributed by atoms with E-state index in [1.807, 2.05) is 6.92 Å². The van der Waals surface area contributed by atoms with Crippen molar-refractivity contribution in [2.75, 3.05) is 5.75 Å². The second-order valence-electron chi connectivity index (χ2n) is 3.86. The fourth-order valence-corrected chi connectivity index (χ4v) is 2.14. The topological polar surface area (TPSA) is 82.1 Å². The first-order valence-electron chi connectivity index (χ1n) is 5.65. The summed E-state index contributed by atoms with van der Waals surface area (Å²) in [6.45, 7) is 2.11. The number of carbonyl (C=O) groups is 1. The molecular weight excluding hydrogens is 266 g/mol. The van der Waals surface area contributed by atoms with E-state index in [1.165, 1.54) is 18.0 Å². The summed E-state index contributed by atoms with van der Waals surface area (Å²) in [5, 5.41) is 18.3. The van der Waals surface area contributed by atoms with Crippen molar-refractivity contribution in [3.05, 3.63) is 47.1 Å². The zero-order valence-electron chi connectivity index (χ0n) is 10.3. The number of amides is 1. The molecule has 0 saturated heterocycles. The second-order valence-corrected chi connectivity index (χ2v) is 4.86. The van der Waals surface area contributed by atoms with Gasteiger partial charge in [0, 0.05) is 18.2 Å². The number of hydrogen-bond donors (Lipinski definition) is 1. The lowest BCUT2D eigenvalue weighted by molar-refractivity contribution is -0.645. The van der Waals surface area contributed by atoms with Crippen molar-refractivity contribution in [2.45, 2.75) is 18.5 Å². The van der Waals surface area contributed by atoms with Crippen molar-refractivity contribution in [2.24, 2.45) is 0 Å². The molecule has 2 heterocycles. The highest BCUT2D eigenvalue weighted by molar-refractivity contribution is 7.99. The van der Waals surface area contributed by atoms with Crippen LogP contribution >= 0.6 is 11.8 Å². The smallest absolute Gasteiger partial charge is 0.251 e. The van der Waals surface area contributed by atoms with Crippen molar-refractivity contribution in [3.63, 3.8) is 0 Å². The molecule has 0 radical (unpaired) electrons. The van der Waals surface area contributed by atoms with Crippen LogP contribution in [0.2, 0.25) is 0 Å². The van der Waals surface area contributed by atoms with Crippen molar-refractivity contribution < 1.29 is 14.0 Å². The fourth-order valence-electron chi connectivity index (χ4n) is 1.40. The monoisotopic (exact) mass is 279 g/mol. The molecule has 19 heavy (non-hydrogen) atoms. The van der Waals surface area contributed by atoms with Crippen LogP contribution in [-0.4, -0.2) is 16.8 Å². The molecule has 0 aliphatic rings. The molecule has 0 fully saturated rings. The normalized spacial score (nSPS) is 10.4. The average molecular weight is 279 g/mol. The number of pyridine rings is 1. The maximum atomic E-state index is 11.6. The molecule has 0 bridgehead atoms. The Bertz CT molecular complexity index is 571. The Kier molecular flexibility index (Phi) is 4.40. The maximum absolute atomic E-state index is 11.6. The van der Waals surface area contributed by atoms with E-state index in [-0.39, 0.29) is 11.7 Å². The minimum absolute atomic E-state index is 0.164. The number of nitrogens with one attached hydrogen (secondary N) is 1. The first-order chi connectivity index (χ1) is 9.15. The van der Waals surface area contributed by atoms with Crippen LogP contribution in [0.15, 0.2) is 40.0 Å². The van der Waals surface area contributed by atoms with E-state index in [2.05, 4.69) is 10.5 Å². The number of nitrogens with zero attached hydrogens (tertiary/aromatic N) is 2. The number of carbonyl (C=O) groups excluding carboxylic acids is 1. The third-order valence-corrected chi connectivity index (χ3v) is 3.29. The van der Waals surface area contributed by atoms with Gasteiger partial charge >= 0.3 is 0 Å². The summed E-state index contributed by atoms with van der Waals surface area (Å²) < 4.78 is 5.70. The molecular formula is C12H13N3O3S. The molecule has 0 unspecified atom stereocenters. The van der Waals surface area contributed by atoms with E-state index in [0.717, 1.165) is 10.4 Å². The van der Waals surface area contributed by atoms with Crippen LogP contribution in [-0.2, 0) is 11.3 Å². The summed E-state index contributed by atoms with van der Waals surface area (Å²) in [6.07, 6.45) is 1.40. The molecule has 0 aliphatic heterocycles. The molecule has 0 aromatic carbocycles. The standard InChI is InChI=1S/C12H13N3O3S/c1-9-6-10(18-14-9)7-13-11(16)8-19-12-4-2-3-5-15(12)17/h2-6H,7-8H2,1H3,(H,13,16). The maximum Gasteiger partial charge on any atom is 0.251 e. The van der Waals surface area contributed by atoms with E-state index >= 15 is 0 Å². The first kappa shape index (κ1) is 13.4. The molecule has 100 valence electrons. The lowest BCUT2D eigenvalue weighted by Gasteiger charge is -2.03. The summed E-state index contributed by atoms with van der Waals surface area (Å²) in [5.74, 6) is 0.622. The van der Waals surface area contributed by atoms with Crippen molar-refractivity contribution in [1.29, 1.82) is 0 Å². The molecule has 2 aromatic rings. The van der Waals surface area contributed by atoms with Gasteiger partial charge in [0.15, 0.2) is 12.0 Å². The average Bonchev–Trinajstić information content (AvgIpc) is 2.81. The van der Waals surface area contributed by atoms with Gasteiger partial charge in [-0.05, 0) is 24.8 Å². The lowest BCUT2D eigenvalue weighted by atomic mass is 10.4. The third-order valence-electron chi connectivity index (χ3n) is 2.28. The van der Waals surface area contributed by atoms with Crippen LogP contribution < -0.4 is 10.0 Å². The van der Waals surface area contributed by atoms with Gasteiger partial charge in [0.2, 0.25) is 5.91 Å². The predicted molar refractivity (Wildman–Crippen MR) is 69.2 cm³/mol. The van der Waals surface area contributed by atoms with Gasteiger partial charge in [0.05, 0.1) is 18.0 Å². The molecule has 7 heteroatoms. The summed E-state index contributed by atoms with van der Waals surface area (Å²) >= 11 is 1.19. The van der Waals surface area contributed by atoms with E-state index in [1.54, 1.807) is 24.3 Å². The zero-order valence-corrected chi connectivity index (χ0v) is 11.1. The quantitative estimate of drug-likeness (QED) is 0.502. The zero-order chi connectivity index (χ0) is 13.7. The van der Waals surface area contributed by atoms with E-state index in [4.69, 9.17) is 4.52 Å². The first-order valence-corrected chi connectivity index (χ1v) is 6.63. The summed E-state index contributed by atoms with van der Waals surface area (Å²) in [6, 6.07) is 6.83. The SMILES string of the molecule is Cc1cc(CNC(=O)CSc2cccc[n+]2[O-])on1. The van der Waals surface area contributed by atoms with Gasteiger partial charge in [0.25, 0.3) is 5.03 Å². The molecule has 0 aliphatic carbocycles. The van der Waals surface area contributed by atoms with Crippen LogP contribution in [0, 0.1) is 12.1 Å². The van der Waals surface area contributed by atoms with Gasteiger partial charge in [-0.3, -0.25) is 4.79 Å². The largest absolute Gasteiger partial charge is 0.618 e. The Balaban J connectivity index is 1.77. The minimum atomic E-state index is -0.164. The van der Waals surface area contributed by atoms with Gasteiger partial charge in [-0.2, -0.15) is 4.73 Å². The molecule has 0 spiro atoms. The van der Waals surface area contributed by atoms with Crippen molar-refractivity contribution in [3.8, 4) is 0 Å². The van der Waals surface area contributed by atoms with E-state index in [0.29, 0.717) is 17.3 Å². The van der Waals surface area contributed by atoms with E-state index in [9.17, 15) is 10.0 Å². The van der Waals surface area contributed by atoms with Gasteiger partial charge in [-0.1, -0.05) is 5.16 Å². The highest BCUT2D eigenvalue weighted by Gasteiger charge is 2.09. The molecule has 1 N–H and O–H groups in total. The van der Waals surface area contributed by atoms with Gasteiger partial charge < -0.3 is 15.0 Å². The molecule has 2 aromatic heterocycles. The highest BCUT2D eigenvalue weighted by atomic mass is 32.2. The molecule has 0 saturated carbocycles. The van der Waals surface area contributed by atoms with Crippen LogP contribution in [0.3, 0.4) is 0 Å². The Morgan fingerprint density at radius 2 is 2.42 bits per heavy atom. The molecule has 6 nitrogen and oxygen atoms in total. The van der Waals surface area contributed by atoms with Crippen LogP contribution in [0.4, 0.5) is 0 Å². The van der Waals surface area contributed by atoms with Crippen LogP contribution in [0.1, 0.15) is 11.5 Å². The number of aryl methyl sites for hydroxylation is 1. The van der Waals surface area contributed by atoms with Crippen LogP contribution in [0.5, 0.6) is 0 Å². The number of thioether (sulfide) groups is 1. The Morgan fingerprint density at radius 1 is 1.58 bits per heavy atom. The summed E-state index contributed by atoms with van der Waals surface area (Å²) in [7, 11) is 0. The highest BCUT2D eigenvalue weighted by Crippen LogP contribution is 2.11. The summed E-state index contributed by atoms with van der Waals surface area (Å²) in [5.41, 5.74) is 0.773. The number of hydrogen-bond acceptors (Lipinski definition) is 5. The Hall–Kier alpha value is -2.02. The second kappa shape index (κ2) is 6.24. The predicted octanol–water partition coefficient (Wildman–Crippen LogP) is 1.02. The lowest BCUT2D eigenvalue weighted by Crippen LogP contribution is -2.29.